The molecule has 0 aromatic heterocycles. The van der Waals surface area contributed by atoms with Crippen LogP contribution in [0.15, 0.2) is 0 Å². The molecule has 2 fully saturated rings. The van der Waals surface area contributed by atoms with Gasteiger partial charge in [0.2, 0.25) is 0 Å². The Morgan fingerprint density at radius 2 is 2.22 bits per heavy atom. The molecule has 0 spiro atoms. The predicted molar refractivity (Wildman–Crippen MR) is 42.8 cm³/mol. The highest BCUT2D eigenvalue weighted by Gasteiger charge is 2.35. The van der Waals surface area contributed by atoms with E-state index in [1.807, 2.05) is 0 Å². The molecular formula is C8H14S. The van der Waals surface area contributed by atoms with E-state index in [0.29, 0.717) is 0 Å². The molecule has 0 radical (unpaired) electrons. The first-order valence-corrected chi connectivity index (χ1v) is 4.96. The summed E-state index contributed by atoms with van der Waals surface area (Å²) in [6, 6.07) is 0. The summed E-state index contributed by atoms with van der Waals surface area (Å²) < 4.78 is 0. The molecular weight excluding hydrogens is 128 g/mol. The van der Waals surface area contributed by atoms with Crippen molar-refractivity contribution >= 4 is 11.8 Å². The van der Waals surface area contributed by atoms with Gasteiger partial charge in [-0.05, 0) is 25.2 Å². The van der Waals surface area contributed by atoms with E-state index in [4.69, 9.17) is 0 Å². The molecule has 0 unspecified atom stereocenters. The van der Waals surface area contributed by atoms with Gasteiger partial charge in [0, 0.05) is 10.5 Å². The van der Waals surface area contributed by atoms with Crippen LogP contribution in [0.3, 0.4) is 0 Å². The molecule has 0 amide bonds. The van der Waals surface area contributed by atoms with Gasteiger partial charge in [-0.1, -0.05) is 13.3 Å². The van der Waals surface area contributed by atoms with E-state index in [-0.39, 0.29) is 0 Å². The van der Waals surface area contributed by atoms with Crippen molar-refractivity contribution in [1.29, 1.82) is 0 Å². The van der Waals surface area contributed by atoms with E-state index in [0.717, 1.165) is 16.4 Å². The molecule has 0 aromatic carbocycles. The Morgan fingerprint density at radius 1 is 1.33 bits per heavy atom. The summed E-state index contributed by atoms with van der Waals surface area (Å²) >= 11 is 2.24. The third-order valence-electron chi connectivity index (χ3n) is 2.63. The Morgan fingerprint density at radius 3 is 3.00 bits per heavy atom. The van der Waals surface area contributed by atoms with Gasteiger partial charge >= 0.3 is 0 Å². The fraction of sp³-hybridized carbons (Fsp3) is 1.00. The summed E-state index contributed by atoms with van der Waals surface area (Å²) in [4.78, 5) is 0. The van der Waals surface area contributed by atoms with E-state index >= 15 is 0 Å². The highest BCUT2D eigenvalue weighted by atomic mass is 32.2. The van der Waals surface area contributed by atoms with Crippen molar-refractivity contribution in [2.75, 3.05) is 0 Å². The summed E-state index contributed by atoms with van der Waals surface area (Å²) in [5, 5.41) is 2.04. The zero-order valence-corrected chi connectivity index (χ0v) is 6.79. The summed E-state index contributed by atoms with van der Waals surface area (Å²) in [6.45, 7) is 2.38. The van der Waals surface area contributed by atoms with Crippen molar-refractivity contribution in [2.24, 2.45) is 5.92 Å². The molecule has 9 heavy (non-hydrogen) atoms. The van der Waals surface area contributed by atoms with E-state index in [1.165, 1.54) is 25.7 Å². The molecule has 0 N–H and O–H groups in total. The van der Waals surface area contributed by atoms with Crippen LogP contribution in [0, 0.1) is 5.92 Å². The van der Waals surface area contributed by atoms with Crippen LogP contribution in [0.1, 0.15) is 32.6 Å². The van der Waals surface area contributed by atoms with Gasteiger partial charge < -0.3 is 0 Å². The van der Waals surface area contributed by atoms with E-state index in [9.17, 15) is 0 Å². The minimum atomic E-state index is 0.972. The number of hydrogen-bond donors (Lipinski definition) is 0. The minimum absolute atomic E-state index is 0.972. The van der Waals surface area contributed by atoms with Crippen molar-refractivity contribution in [3.05, 3.63) is 0 Å². The average molecular weight is 142 g/mol. The quantitative estimate of drug-likeness (QED) is 0.501. The van der Waals surface area contributed by atoms with Gasteiger partial charge in [-0.3, -0.25) is 0 Å². The zero-order chi connectivity index (χ0) is 6.27. The molecule has 0 aromatic rings. The molecule has 2 aliphatic rings. The van der Waals surface area contributed by atoms with E-state index < -0.39 is 0 Å². The first-order valence-electron chi connectivity index (χ1n) is 4.02. The van der Waals surface area contributed by atoms with Gasteiger partial charge in [0.15, 0.2) is 0 Å². The third-order valence-corrected chi connectivity index (χ3v) is 4.26. The maximum Gasteiger partial charge on any atom is 0.00784 e. The third kappa shape index (κ3) is 1.000. The van der Waals surface area contributed by atoms with Gasteiger partial charge in [0.25, 0.3) is 0 Å². The topological polar surface area (TPSA) is 0 Å². The first-order chi connectivity index (χ1) is 4.36. The van der Waals surface area contributed by atoms with Gasteiger partial charge in [0.05, 0.1) is 0 Å². The Labute approximate surface area is 61.4 Å². The van der Waals surface area contributed by atoms with Crippen LogP contribution in [0.25, 0.3) is 0 Å². The number of fused-ring (bicyclic) bond motifs is 1. The molecule has 1 saturated carbocycles. The molecule has 0 nitrogen and oxygen atoms in total. The second-order valence-electron chi connectivity index (χ2n) is 3.41. The first kappa shape index (κ1) is 6.09. The molecule has 1 aliphatic carbocycles. The Kier molecular flexibility index (Phi) is 1.48. The van der Waals surface area contributed by atoms with E-state index in [1.54, 1.807) is 0 Å². The largest absolute Gasteiger partial charge is 0.155 e. The fourth-order valence-corrected chi connectivity index (χ4v) is 3.96. The molecule has 1 heteroatoms. The highest BCUT2D eigenvalue weighted by Crippen LogP contribution is 2.47. The zero-order valence-electron chi connectivity index (χ0n) is 5.97. The second kappa shape index (κ2) is 2.19. The maximum atomic E-state index is 2.38. The molecule has 1 heterocycles. The maximum absolute atomic E-state index is 2.38. The second-order valence-corrected chi connectivity index (χ2v) is 5.09. The van der Waals surface area contributed by atoms with E-state index in [2.05, 4.69) is 18.7 Å². The van der Waals surface area contributed by atoms with Crippen LogP contribution in [0.2, 0.25) is 0 Å². The number of thioether (sulfide) groups is 1. The predicted octanol–water partition coefficient (Wildman–Crippen LogP) is 2.68. The van der Waals surface area contributed by atoms with Crippen molar-refractivity contribution in [3.8, 4) is 0 Å². The van der Waals surface area contributed by atoms with Crippen LogP contribution < -0.4 is 0 Å². The van der Waals surface area contributed by atoms with Gasteiger partial charge in [-0.25, -0.2) is 0 Å². The molecule has 0 bridgehead atoms. The minimum Gasteiger partial charge on any atom is -0.155 e. The van der Waals surface area contributed by atoms with Gasteiger partial charge in [0.1, 0.15) is 0 Å². The lowest BCUT2D eigenvalue weighted by molar-refractivity contribution is 0.542. The Balaban J connectivity index is 2.02. The summed E-state index contributed by atoms with van der Waals surface area (Å²) in [5.74, 6) is 1.12. The molecule has 1 saturated heterocycles. The monoisotopic (exact) mass is 142 g/mol. The summed E-state index contributed by atoms with van der Waals surface area (Å²) in [5.41, 5.74) is 0. The van der Waals surface area contributed by atoms with Gasteiger partial charge in [-0.15, -0.1) is 0 Å². The van der Waals surface area contributed by atoms with Crippen LogP contribution >= 0.6 is 11.8 Å². The number of rotatable bonds is 0. The Hall–Kier alpha value is 0.350. The molecule has 3 atom stereocenters. The summed E-state index contributed by atoms with van der Waals surface area (Å²) in [7, 11) is 0. The highest BCUT2D eigenvalue weighted by molar-refractivity contribution is 8.00. The van der Waals surface area contributed by atoms with Gasteiger partial charge in [-0.2, -0.15) is 11.8 Å². The van der Waals surface area contributed by atoms with Crippen molar-refractivity contribution < 1.29 is 0 Å². The molecule has 52 valence electrons. The van der Waals surface area contributed by atoms with Crippen molar-refractivity contribution in [1.82, 2.24) is 0 Å². The van der Waals surface area contributed by atoms with Crippen LogP contribution in [0.5, 0.6) is 0 Å². The van der Waals surface area contributed by atoms with Crippen molar-refractivity contribution in [3.63, 3.8) is 0 Å². The standard InChI is InChI=1S/C8H14S/c1-6-5-7-3-2-4-8(7)9-6/h6-8H,2-5H2,1H3/t6-,7-,8-/m0/s1. The molecule has 1 aliphatic heterocycles. The lowest BCUT2D eigenvalue weighted by Crippen LogP contribution is -2.00. The SMILES string of the molecule is C[C@H]1C[C@@H]2CCC[C@@H]2S1. The summed E-state index contributed by atoms with van der Waals surface area (Å²) in [6.07, 6.45) is 6.06. The lowest BCUT2D eigenvalue weighted by atomic mass is 10.0. The Bertz CT molecular complexity index is 99.1. The lowest BCUT2D eigenvalue weighted by Gasteiger charge is -2.03. The van der Waals surface area contributed by atoms with Crippen LogP contribution in [-0.2, 0) is 0 Å². The molecule has 2 rings (SSSR count). The average Bonchev–Trinajstić information content (AvgIpc) is 2.22. The normalized spacial score (nSPS) is 49.7. The smallest absolute Gasteiger partial charge is 0.00784 e. The number of hydrogen-bond acceptors (Lipinski definition) is 1. The fourth-order valence-electron chi connectivity index (χ4n) is 2.23. The van der Waals surface area contributed by atoms with Crippen molar-refractivity contribution in [2.45, 2.75) is 43.1 Å². The van der Waals surface area contributed by atoms with Crippen LogP contribution in [-0.4, -0.2) is 10.5 Å². The van der Waals surface area contributed by atoms with Crippen LogP contribution in [0.4, 0.5) is 0 Å².